The number of nitrogens with one attached hydrogen (secondary N) is 1. The van der Waals surface area contributed by atoms with Gasteiger partial charge in [0.1, 0.15) is 0 Å². The van der Waals surface area contributed by atoms with Gasteiger partial charge in [0.2, 0.25) is 5.91 Å². The summed E-state index contributed by atoms with van der Waals surface area (Å²) in [6, 6.07) is 13.2. The van der Waals surface area contributed by atoms with Crippen molar-refractivity contribution >= 4 is 17.4 Å². The molecular formula is C20H23NO4. The predicted octanol–water partition coefficient (Wildman–Crippen LogP) is 3.87. The maximum atomic E-state index is 12.2. The van der Waals surface area contributed by atoms with Crippen molar-refractivity contribution in [3.8, 4) is 11.5 Å². The summed E-state index contributed by atoms with van der Waals surface area (Å²) in [5.74, 6) is 0.632. The van der Waals surface area contributed by atoms with Crippen LogP contribution in [0, 0.1) is 0 Å². The Balaban J connectivity index is 2.05. The lowest BCUT2D eigenvalue weighted by atomic mass is 10.1. The normalized spacial score (nSPS) is 10.2. The predicted molar refractivity (Wildman–Crippen MR) is 97.6 cm³/mol. The zero-order valence-electron chi connectivity index (χ0n) is 14.8. The van der Waals surface area contributed by atoms with E-state index in [1.165, 1.54) is 26.7 Å². The highest BCUT2D eigenvalue weighted by molar-refractivity contribution is 6.04. The highest BCUT2D eigenvalue weighted by atomic mass is 16.5. The van der Waals surface area contributed by atoms with E-state index in [1.54, 1.807) is 12.1 Å². The Labute approximate surface area is 148 Å². The molecule has 0 aliphatic heterocycles. The molecule has 5 nitrogen and oxygen atoms in total. The van der Waals surface area contributed by atoms with E-state index < -0.39 is 0 Å². The first-order valence-corrected chi connectivity index (χ1v) is 8.16. The highest BCUT2D eigenvalue weighted by Crippen LogP contribution is 2.33. The van der Waals surface area contributed by atoms with Gasteiger partial charge in [-0.2, -0.15) is 0 Å². The number of aryl methyl sites for hydroxylation is 1. The number of carbonyl (C=O) groups is 2. The topological polar surface area (TPSA) is 64.6 Å². The fourth-order valence-corrected chi connectivity index (χ4v) is 2.58. The van der Waals surface area contributed by atoms with Crippen LogP contribution < -0.4 is 14.8 Å². The van der Waals surface area contributed by atoms with Crippen molar-refractivity contribution < 1.29 is 19.1 Å². The molecule has 2 rings (SSSR count). The summed E-state index contributed by atoms with van der Waals surface area (Å²) in [4.78, 5) is 24.1. The third kappa shape index (κ3) is 5.08. The van der Waals surface area contributed by atoms with Crippen LogP contribution in [0.3, 0.4) is 0 Å². The number of ketones is 1. The zero-order valence-corrected chi connectivity index (χ0v) is 14.8. The molecule has 132 valence electrons. The van der Waals surface area contributed by atoms with Gasteiger partial charge < -0.3 is 14.8 Å². The molecule has 1 N–H and O–H groups in total. The Kier molecular flexibility index (Phi) is 6.57. The third-order valence-corrected chi connectivity index (χ3v) is 3.89. The first-order chi connectivity index (χ1) is 12.0. The van der Waals surface area contributed by atoms with E-state index in [0.717, 1.165) is 12.8 Å². The maximum absolute atomic E-state index is 12.2. The monoisotopic (exact) mass is 341 g/mol. The zero-order chi connectivity index (χ0) is 18.2. The van der Waals surface area contributed by atoms with Crippen LogP contribution in [0.2, 0.25) is 0 Å². The van der Waals surface area contributed by atoms with Crippen molar-refractivity contribution in [2.45, 2.75) is 26.2 Å². The first-order valence-electron chi connectivity index (χ1n) is 8.16. The fraction of sp³-hybridized carbons (Fsp3) is 0.300. The quantitative estimate of drug-likeness (QED) is 0.740. The number of amides is 1. The van der Waals surface area contributed by atoms with Crippen molar-refractivity contribution in [2.75, 3.05) is 19.5 Å². The van der Waals surface area contributed by atoms with Crippen LogP contribution in [0.4, 0.5) is 5.69 Å². The lowest BCUT2D eigenvalue weighted by Gasteiger charge is -2.14. The van der Waals surface area contributed by atoms with Crippen molar-refractivity contribution in [1.29, 1.82) is 0 Å². The van der Waals surface area contributed by atoms with Crippen LogP contribution in [0.1, 0.15) is 35.7 Å². The number of benzene rings is 2. The smallest absolute Gasteiger partial charge is 0.224 e. The lowest BCUT2D eigenvalue weighted by molar-refractivity contribution is -0.116. The molecule has 0 radical (unpaired) electrons. The Hall–Kier alpha value is -2.82. The van der Waals surface area contributed by atoms with Crippen LogP contribution >= 0.6 is 0 Å². The summed E-state index contributed by atoms with van der Waals surface area (Å²) in [6.45, 7) is 1.45. The van der Waals surface area contributed by atoms with Gasteiger partial charge in [0, 0.05) is 18.1 Å². The van der Waals surface area contributed by atoms with Gasteiger partial charge >= 0.3 is 0 Å². The molecular weight excluding hydrogens is 318 g/mol. The van der Waals surface area contributed by atoms with Gasteiger partial charge in [-0.25, -0.2) is 0 Å². The summed E-state index contributed by atoms with van der Waals surface area (Å²) in [6.07, 6.45) is 1.94. The second kappa shape index (κ2) is 8.87. The van der Waals surface area contributed by atoms with Crippen LogP contribution in [-0.2, 0) is 11.2 Å². The summed E-state index contributed by atoms with van der Waals surface area (Å²) in [7, 11) is 3.01. The van der Waals surface area contributed by atoms with Crippen LogP contribution in [0.15, 0.2) is 42.5 Å². The molecule has 5 heteroatoms. The number of carbonyl (C=O) groups excluding carboxylic acids is 2. The number of rotatable bonds is 8. The maximum Gasteiger partial charge on any atom is 0.224 e. The van der Waals surface area contributed by atoms with E-state index in [1.807, 2.05) is 30.3 Å². The standard InChI is InChI=1S/C20H23NO4/c1-14(22)16-12-18(24-2)19(25-3)13-17(16)21-20(23)11-7-10-15-8-5-4-6-9-15/h4-6,8-9,12-13H,7,10-11H2,1-3H3,(H,21,23). The third-order valence-electron chi connectivity index (χ3n) is 3.89. The van der Waals surface area contributed by atoms with Gasteiger partial charge in [0.25, 0.3) is 0 Å². The van der Waals surface area contributed by atoms with Crippen molar-refractivity contribution in [2.24, 2.45) is 0 Å². The highest BCUT2D eigenvalue weighted by Gasteiger charge is 2.16. The molecule has 0 saturated carbocycles. The Morgan fingerprint density at radius 2 is 1.64 bits per heavy atom. The molecule has 0 bridgehead atoms. The van der Waals surface area contributed by atoms with Gasteiger partial charge in [-0.15, -0.1) is 0 Å². The van der Waals surface area contributed by atoms with E-state index in [-0.39, 0.29) is 11.7 Å². The molecule has 2 aromatic rings. The molecule has 0 aromatic heterocycles. The number of hydrogen-bond acceptors (Lipinski definition) is 4. The summed E-state index contributed by atoms with van der Waals surface area (Å²) in [5.41, 5.74) is 2.04. The van der Waals surface area contributed by atoms with Gasteiger partial charge in [-0.05, 0) is 31.4 Å². The number of ether oxygens (including phenoxy) is 2. The van der Waals surface area contributed by atoms with E-state index in [9.17, 15) is 9.59 Å². The van der Waals surface area contributed by atoms with Gasteiger partial charge in [0.15, 0.2) is 17.3 Å². The first kappa shape index (κ1) is 18.5. The van der Waals surface area contributed by atoms with E-state index in [0.29, 0.717) is 29.2 Å². The molecule has 0 unspecified atom stereocenters. The van der Waals surface area contributed by atoms with Gasteiger partial charge in [-0.3, -0.25) is 9.59 Å². The summed E-state index contributed by atoms with van der Waals surface area (Å²) >= 11 is 0. The minimum atomic E-state index is -0.152. The van der Waals surface area contributed by atoms with Crippen LogP contribution in [0.5, 0.6) is 11.5 Å². The van der Waals surface area contributed by atoms with Crippen LogP contribution in [0.25, 0.3) is 0 Å². The van der Waals surface area contributed by atoms with Gasteiger partial charge in [0.05, 0.1) is 19.9 Å². The largest absolute Gasteiger partial charge is 0.493 e. The number of hydrogen-bond donors (Lipinski definition) is 1. The SMILES string of the molecule is COc1cc(NC(=O)CCCc2ccccc2)c(C(C)=O)cc1OC. The number of methoxy groups -OCH3 is 2. The Bertz CT molecular complexity index is 741. The van der Waals surface area contributed by atoms with Gasteiger partial charge in [-0.1, -0.05) is 30.3 Å². The second-order valence-corrected chi connectivity index (χ2v) is 5.70. The number of Topliss-reactive ketones (excluding diaryl/α,β-unsaturated/α-hetero) is 1. The minimum Gasteiger partial charge on any atom is -0.493 e. The number of anilines is 1. The lowest BCUT2D eigenvalue weighted by Crippen LogP contribution is -2.14. The molecule has 25 heavy (non-hydrogen) atoms. The molecule has 0 atom stereocenters. The molecule has 0 aliphatic carbocycles. The summed E-state index contributed by atoms with van der Waals surface area (Å²) < 4.78 is 10.5. The van der Waals surface area contributed by atoms with E-state index >= 15 is 0 Å². The molecule has 0 heterocycles. The fourth-order valence-electron chi connectivity index (χ4n) is 2.58. The molecule has 1 amide bonds. The minimum absolute atomic E-state index is 0.134. The van der Waals surface area contributed by atoms with E-state index in [2.05, 4.69) is 5.32 Å². The van der Waals surface area contributed by atoms with E-state index in [4.69, 9.17) is 9.47 Å². The van der Waals surface area contributed by atoms with Crippen LogP contribution in [-0.4, -0.2) is 25.9 Å². The average Bonchev–Trinajstić information content (AvgIpc) is 2.62. The molecule has 0 saturated heterocycles. The molecule has 2 aromatic carbocycles. The average molecular weight is 341 g/mol. The molecule has 0 aliphatic rings. The van der Waals surface area contributed by atoms with Crippen molar-refractivity contribution in [3.63, 3.8) is 0 Å². The van der Waals surface area contributed by atoms with Crippen molar-refractivity contribution in [3.05, 3.63) is 53.6 Å². The second-order valence-electron chi connectivity index (χ2n) is 5.70. The Morgan fingerprint density at radius 3 is 2.24 bits per heavy atom. The summed E-state index contributed by atoms with van der Waals surface area (Å²) in [5, 5.41) is 2.81. The Morgan fingerprint density at radius 1 is 1.00 bits per heavy atom. The molecule has 0 fully saturated rings. The van der Waals surface area contributed by atoms with Crippen molar-refractivity contribution in [1.82, 2.24) is 0 Å². The molecule has 0 spiro atoms.